The number of nitrogens with zero attached hydrogens (tertiary/aromatic N) is 2. The van der Waals surface area contributed by atoms with Crippen molar-refractivity contribution in [2.24, 2.45) is 0 Å². The van der Waals surface area contributed by atoms with E-state index in [1.54, 1.807) is 4.57 Å². The van der Waals surface area contributed by atoms with E-state index in [0.29, 0.717) is 5.65 Å². The van der Waals surface area contributed by atoms with Gasteiger partial charge < -0.3 is 15.0 Å². The zero-order valence-corrected chi connectivity index (χ0v) is 17.2. The van der Waals surface area contributed by atoms with Gasteiger partial charge >= 0.3 is 5.97 Å². The Balaban J connectivity index is 0.00000205. The minimum atomic E-state index is -1.31. The zero-order chi connectivity index (χ0) is 19.6. The Morgan fingerprint density at radius 3 is 2.79 bits per heavy atom. The van der Waals surface area contributed by atoms with Crippen molar-refractivity contribution in [1.29, 1.82) is 0 Å². The van der Waals surface area contributed by atoms with Gasteiger partial charge in [0.1, 0.15) is 16.9 Å². The molecule has 1 saturated carbocycles. The minimum Gasteiger partial charge on any atom is -0.477 e. The van der Waals surface area contributed by atoms with Gasteiger partial charge in [-0.05, 0) is 43.9 Å². The maximum Gasteiger partial charge on any atom is 0.341 e. The van der Waals surface area contributed by atoms with E-state index in [1.807, 2.05) is 6.07 Å². The third-order valence-corrected chi connectivity index (χ3v) is 6.69. The summed E-state index contributed by atoms with van der Waals surface area (Å²) >= 11 is 1.53. The van der Waals surface area contributed by atoms with Gasteiger partial charge in [0.15, 0.2) is 5.82 Å². The molecule has 1 unspecified atom stereocenters. The van der Waals surface area contributed by atoms with Crippen molar-refractivity contribution in [3.05, 3.63) is 50.4 Å². The fraction of sp³-hybridized carbons (Fsp3) is 0.350. The third-order valence-electron chi connectivity index (χ3n) is 5.47. The number of rotatable bonds is 3. The number of halogens is 2. The van der Waals surface area contributed by atoms with Gasteiger partial charge in [-0.1, -0.05) is 0 Å². The molecule has 0 spiro atoms. The second kappa shape index (κ2) is 7.19. The van der Waals surface area contributed by atoms with E-state index in [4.69, 9.17) is 0 Å². The minimum absolute atomic E-state index is 0. The Bertz CT molecular complexity index is 1200. The van der Waals surface area contributed by atoms with Gasteiger partial charge in [0.25, 0.3) is 0 Å². The van der Waals surface area contributed by atoms with Crippen LogP contribution in [0.4, 0.5) is 4.39 Å². The van der Waals surface area contributed by atoms with E-state index < -0.39 is 17.2 Å². The summed E-state index contributed by atoms with van der Waals surface area (Å²) in [6.45, 7) is 2.97. The van der Waals surface area contributed by atoms with Gasteiger partial charge in [-0.25, -0.2) is 14.2 Å². The van der Waals surface area contributed by atoms with Crippen molar-refractivity contribution in [1.82, 2.24) is 14.9 Å². The quantitative estimate of drug-likeness (QED) is 0.651. The van der Waals surface area contributed by atoms with Crippen LogP contribution < -0.4 is 10.7 Å². The molecule has 0 bridgehead atoms. The largest absolute Gasteiger partial charge is 0.477 e. The zero-order valence-electron chi connectivity index (χ0n) is 15.6. The lowest BCUT2D eigenvalue weighted by Crippen LogP contribution is -2.26. The lowest BCUT2D eigenvalue weighted by molar-refractivity contribution is 0.0695. The average Bonchev–Trinajstić information content (AvgIpc) is 3.40. The molecule has 4 heterocycles. The molecule has 1 aliphatic heterocycles. The molecule has 9 heteroatoms. The number of fused-ring (bicyclic) bond motifs is 2. The van der Waals surface area contributed by atoms with Crippen LogP contribution in [0.25, 0.3) is 21.6 Å². The fourth-order valence-electron chi connectivity index (χ4n) is 3.84. The lowest BCUT2D eigenvalue weighted by atomic mass is 10.0. The second-order valence-corrected chi connectivity index (χ2v) is 8.56. The highest BCUT2D eigenvalue weighted by molar-refractivity contribution is 7.15. The number of carbonyl (C=O) groups is 1. The van der Waals surface area contributed by atoms with Crippen LogP contribution in [-0.4, -0.2) is 27.2 Å². The number of pyridine rings is 2. The summed E-state index contributed by atoms with van der Waals surface area (Å²) in [5.41, 5.74) is 0.691. The monoisotopic (exact) mass is 435 g/mol. The molecule has 2 aliphatic rings. The molecule has 3 aromatic heterocycles. The van der Waals surface area contributed by atoms with Crippen molar-refractivity contribution >= 4 is 40.7 Å². The molecular weight excluding hydrogens is 417 g/mol. The van der Waals surface area contributed by atoms with Crippen LogP contribution in [0.5, 0.6) is 0 Å². The number of aromatic nitrogens is 2. The van der Waals surface area contributed by atoms with Gasteiger partial charge in [0, 0.05) is 29.7 Å². The van der Waals surface area contributed by atoms with Crippen molar-refractivity contribution in [3.63, 3.8) is 0 Å². The topological polar surface area (TPSA) is 84.2 Å². The van der Waals surface area contributed by atoms with Crippen molar-refractivity contribution in [3.8, 4) is 10.6 Å². The SMILES string of the molecule is CC1NCCc2sc(-c3nc4c(cc3F)c(=O)c(C(=O)O)cn4C3CC3)cc21.Cl. The van der Waals surface area contributed by atoms with E-state index in [9.17, 15) is 19.1 Å². The Labute approximate surface area is 175 Å². The summed E-state index contributed by atoms with van der Waals surface area (Å²) < 4.78 is 16.7. The number of hydrogen-bond acceptors (Lipinski definition) is 5. The van der Waals surface area contributed by atoms with Gasteiger partial charge in [-0.3, -0.25) is 4.79 Å². The highest BCUT2D eigenvalue weighted by Crippen LogP contribution is 2.39. The fourth-order valence-corrected chi connectivity index (χ4v) is 5.09. The Kier molecular flexibility index (Phi) is 4.96. The first-order chi connectivity index (χ1) is 13.4. The maximum absolute atomic E-state index is 15.0. The van der Waals surface area contributed by atoms with Crippen LogP contribution in [0, 0.1) is 5.82 Å². The van der Waals surface area contributed by atoms with Crippen molar-refractivity contribution < 1.29 is 14.3 Å². The summed E-state index contributed by atoms with van der Waals surface area (Å²) in [6, 6.07) is 3.43. The summed E-state index contributed by atoms with van der Waals surface area (Å²) in [6.07, 6.45) is 4.03. The maximum atomic E-state index is 15.0. The molecule has 1 aliphatic carbocycles. The molecular formula is C20H19ClFN3O3S. The summed E-state index contributed by atoms with van der Waals surface area (Å²) in [4.78, 5) is 30.5. The summed E-state index contributed by atoms with van der Waals surface area (Å²) in [7, 11) is 0. The van der Waals surface area contributed by atoms with Crippen LogP contribution in [0.2, 0.25) is 0 Å². The summed E-state index contributed by atoms with van der Waals surface area (Å²) in [5.74, 6) is -1.91. The number of nitrogens with one attached hydrogen (secondary N) is 1. The molecule has 1 fully saturated rings. The first-order valence-corrected chi connectivity index (χ1v) is 10.1. The van der Waals surface area contributed by atoms with Crippen LogP contribution in [-0.2, 0) is 6.42 Å². The van der Waals surface area contributed by atoms with Crippen LogP contribution in [0.15, 0.2) is 23.1 Å². The van der Waals surface area contributed by atoms with E-state index in [1.165, 1.54) is 22.4 Å². The van der Waals surface area contributed by atoms with E-state index in [0.717, 1.165) is 42.3 Å². The predicted octanol–water partition coefficient (Wildman–Crippen LogP) is 3.93. The number of aromatic carboxylic acids is 1. The van der Waals surface area contributed by atoms with E-state index in [2.05, 4.69) is 17.2 Å². The highest BCUT2D eigenvalue weighted by atomic mass is 35.5. The molecule has 0 radical (unpaired) electrons. The van der Waals surface area contributed by atoms with Crippen LogP contribution in [0.1, 0.15) is 52.6 Å². The molecule has 0 amide bonds. The number of carboxylic acids is 1. The van der Waals surface area contributed by atoms with Gasteiger partial charge in [-0.15, -0.1) is 23.7 Å². The Morgan fingerprint density at radius 2 is 2.14 bits per heavy atom. The van der Waals surface area contributed by atoms with E-state index >= 15 is 0 Å². The smallest absolute Gasteiger partial charge is 0.341 e. The van der Waals surface area contributed by atoms with Gasteiger partial charge in [0.05, 0.1) is 10.3 Å². The molecule has 0 aromatic carbocycles. The third kappa shape index (κ3) is 3.25. The molecule has 5 rings (SSSR count). The van der Waals surface area contributed by atoms with E-state index in [-0.39, 0.29) is 41.1 Å². The molecule has 0 saturated heterocycles. The second-order valence-electron chi connectivity index (χ2n) is 7.42. The van der Waals surface area contributed by atoms with Crippen molar-refractivity contribution in [2.45, 2.75) is 38.3 Å². The number of carboxylic acid groups (broad SMARTS) is 1. The Morgan fingerprint density at radius 1 is 1.38 bits per heavy atom. The highest BCUT2D eigenvalue weighted by Gasteiger charge is 2.29. The Hall–Kier alpha value is -2.29. The number of thiophene rings is 1. The molecule has 2 N–H and O–H groups in total. The predicted molar refractivity (Wildman–Crippen MR) is 112 cm³/mol. The molecule has 152 valence electrons. The molecule has 3 aromatic rings. The van der Waals surface area contributed by atoms with Gasteiger partial charge in [-0.2, -0.15) is 0 Å². The first-order valence-electron chi connectivity index (χ1n) is 9.29. The molecule has 1 atom stereocenters. The van der Waals surface area contributed by atoms with Crippen LogP contribution >= 0.6 is 23.7 Å². The number of hydrogen-bond donors (Lipinski definition) is 2. The van der Waals surface area contributed by atoms with Crippen molar-refractivity contribution in [2.75, 3.05) is 6.54 Å². The summed E-state index contributed by atoms with van der Waals surface area (Å²) in [5, 5.41) is 12.8. The normalized spacial score (nSPS) is 18.3. The lowest BCUT2D eigenvalue weighted by Gasteiger charge is -2.19. The average molecular weight is 436 g/mol. The van der Waals surface area contributed by atoms with Crippen LogP contribution in [0.3, 0.4) is 0 Å². The van der Waals surface area contributed by atoms with Gasteiger partial charge in [0.2, 0.25) is 5.43 Å². The molecule has 6 nitrogen and oxygen atoms in total. The first kappa shape index (κ1) is 20.0. The molecule has 29 heavy (non-hydrogen) atoms. The standard InChI is InChI=1S/C20H18FN3O3S.ClH/c1-9-11-7-16(28-15(11)4-5-22-9)17-14(21)6-12-18(25)13(20(26)27)8-24(10-2-3-10)19(12)23-17;/h6-10,22H,2-5H2,1H3,(H,26,27);1H.